The van der Waals surface area contributed by atoms with Crippen LogP contribution in [-0.2, 0) is 14.3 Å². The summed E-state index contributed by atoms with van der Waals surface area (Å²) in [5.41, 5.74) is -0.256. The summed E-state index contributed by atoms with van der Waals surface area (Å²) >= 11 is 6.23. The Kier molecular flexibility index (Phi) is 9.25. The number of anilines is 1. The van der Waals surface area contributed by atoms with Gasteiger partial charge in [-0.3, -0.25) is 4.79 Å². The fraction of sp³-hybridized carbons (Fsp3) is 0.632. The molecule has 0 spiro atoms. The Morgan fingerprint density at radius 2 is 2.00 bits per heavy atom. The van der Waals surface area contributed by atoms with Gasteiger partial charge in [-0.1, -0.05) is 32.4 Å². The fourth-order valence-corrected chi connectivity index (χ4v) is 2.75. The van der Waals surface area contributed by atoms with Crippen LogP contribution < -0.4 is 10.1 Å². The standard InChI is InChI=1S/C19H30ClNO4/c1-6-9-25-19(4,13-14(2)3)18(22)21-15-7-8-17(16(20)12-15)24-11-10-23-5/h7-8,12,14H,6,9-11,13H2,1-5H3,(H,21,22). The first-order chi connectivity index (χ1) is 11.8. The molecule has 0 heterocycles. The molecule has 0 radical (unpaired) electrons. The summed E-state index contributed by atoms with van der Waals surface area (Å²) in [4.78, 5) is 12.8. The number of ether oxygens (including phenoxy) is 3. The first-order valence-corrected chi connectivity index (χ1v) is 9.07. The maximum atomic E-state index is 12.8. The Morgan fingerprint density at radius 3 is 2.56 bits per heavy atom. The van der Waals surface area contributed by atoms with Crippen molar-refractivity contribution in [3.8, 4) is 5.75 Å². The van der Waals surface area contributed by atoms with Crippen molar-refractivity contribution in [1.29, 1.82) is 0 Å². The molecule has 1 aromatic rings. The van der Waals surface area contributed by atoms with E-state index in [-0.39, 0.29) is 5.91 Å². The predicted octanol–water partition coefficient (Wildman–Crippen LogP) is 4.54. The van der Waals surface area contributed by atoms with Crippen molar-refractivity contribution in [2.75, 3.05) is 32.2 Å². The number of halogens is 1. The first-order valence-electron chi connectivity index (χ1n) is 8.69. The molecule has 0 saturated heterocycles. The van der Waals surface area contributed by atoms with Crippen LogP contribution in [0.1, 0.15) is 40.5 Å². The third-order valence-electron chi connectivity index (χ3n) is 3.64. The SMILES string of the molecule is CCCOC(C)(CC(C)C)C(=O)Nc1ccc(OCCOC)c(Cl)c1. The van der Waals surface area contributed by atoms with Crippen LogP contribution in [0.2, 0.25) is 5.02 Å². The van der Waals surface area contributed by atoms with E-state index in [0.717, 1.165) is 6.42 Å². The number of amides is 1. The maximum Gasteiger partial charge on any atom is 0.256 e. The van der Waals surface area contributed by atoms with Crippen molar-refractivity contribution in [2.24, 2.45) is 5.92 Å². The second kappa shape index (κ2) is 10.6. The van der Waals surface area contributed by atoms with E-state index in [2.05, 4.69) is 19.2 Å². The van der Waals surface area contributed by atoms with Crippen LogP contribution in [0.15, 0.2) is 18.2 Å². The Bertz CT molecular complexity index is 550. The molecule has 1 aromatic carbocycles. The average Bonchev–Trinajstić information content (AvgIpc) is 2.54. The van der Waals surface area contributed by atoms with E-state index in [4.69, 9.17) is 25.8 Å². The monoisotopic (exact) mass is 371 g/mol. The van der Waals surface area contributed by atoms with Gasteiger partial charge in [0, 0.05) is 19.4 Å². The highest BCUT2D eigenvalue weighted by Gasteiger charge is 2.35. The van der Waals surface area contributed by atoms with Crippen LogP contribution in [-0.4, -0.2) is 38.4 Å². The molecule has 1 N–H and O–H groups in total. The van der Waals surface area contributed by atoms with Crippen molar-refractivity contribution in [3.05, 3.63) is 23.2 Å². The van der Waals surface area contributed by atoms with E-state index >= 15 is 0 Å². The number of carbonyl (C=O) groups is 1. The van der Waals surface area contributed by atoms with E-state index in [1.54, 1.807) is 25.3 Å². The molecule has 0 aliphatic heterocycles. The zero-order valence-corrected chi connectivity index (χ0v) is 16.6. The lowest BCUT2D eigenvalue weighted by Crippen LogP contribution is -2.44. The highest BCUT2D eigenvalue weighted by molar-refractivity contribution is 6.32. The lowest BCUT2D eigenvalue weighted by molar-refractivity contribution is -0.141. The van der Waals surface area contributed by atoms with Crippen LogP contribution in [0.5, 0.6) is 5.75 Å². The van der Waals surface area contributed by atoms with Gasteiger partial charge in [0.05, 0.1) is 11.6 Å². The van der Waals surface area contributed by atoms with E-state index < -0.39 is 5.60 Å². The van der Waals surface area contributed by atoms with Gasteiger partial charge in [-0.2, -0.15) is 0 Å². The van der Waals surface area contributed by atoms with Crippen molar-refractivity contribution in [2.45, 2.75) is 46.1 Å². The number of carbonyl (C=O) groups excluding carboxylic acids is 1. The van der Waals surface area contributed by atoms with Gasteiger partial charge in [-0.05, 0) is 43.9 Å². The van der Waals surface area contributed by atoms with E-state index in [1.165, 1.54) is 0 Å². The summed E-state index contributed by atoms with van der Waals surface area (Å²) in [7, 11) is 1.61. The van der Waals surface area contributed by atoms with Crippen LogP contribution in [0, 0.1) is 5.92 Å². The van der Waals surface area contributed by atoms with E-state index in [1.807, 2.05) is 13.8 Å². The molecule has 0 fully saturated rings. The molecular weight excluding hydrogens is 342 g/mol. The quantitative estimate of drug-likeness (QED) is 0.580. The molecule has 0 bridgehead atoms. The highest BCUT2D eigenvalue weighted by atomic mass is 35.5. The van der Waals surface area contributed by atoms with Crippen LogP contribution in [0.25, 0.3) is 0 Å². The summed E-state index contributed by atoms with van der Waals surface area (Å²) < 4.78 is 16.3. The van der Waals surface area contributed by atoms with Gasteiger partial charge < -0.3 is 19.5 Å². The van der Waals surface area contributed by atoms with Gasteiger partial charge in [0.25, 0.3) is 5.91 Å². The zero-order valence-electron chi connectivity index (χ0n) is 15.9. The molecule has 142 valence electrons. The molecule has 0 aliphatic rings. The number of methoxy groups -OCH3 is 1. The Labute approximate surface area is 156 Å². The van der Waals surface area contributed by atoms with E-state index in [9.17, 15) is 4.79 Å². The molecule has 25 heavy (non-hydrogen) atoms. The lowest BCUT2D eigenvalue weighted by atomic mass is 9.93. The van der Waals surface area contributed by atoms with Crippen LogP contribution in [0.4, 0.5) is 5.69 Å². The van der Waals surface area contributed by atoms with Gasteiger partial charge in [0.15, 0.2) is 0 Å². The summed E-state index contributed by atoms with van der Waals surface area (Å²) in [6.45, 7) is 9.45. The summed E-state index contributed by atoms with van der Waals surface area (Å²) in [6, 6.07) is 5.18. The molecule has 1 unspecified atom stereocenters. The van der Waals surface area contributed by atoms with Gasteiger partial charge in [-0.25, -0.2) is 0 Å². The maximum absolute atomic E-state index is 12.8. The largest absolute Gasteiger partial charge is 0.490 e. The third kappa shape index (κ3) is 7.22. The molecule has 1 rings (SSSR count). The number of benzene rings is 1. The fourth-order valence-electron chi connectivity index (χ4n) is 2.52. The smallest absolute Gasteiger partial charge is 0.256 e. The van der Waals surface area contributed by atoms with Crippen molar-refractivity contribution in [1.82, 2.24) is 0 Å². The second-order valence-corrected chi connectivity index (χ2v) is 7.03. The third-order valence-corrected chi connectivity index (χ3v) is 3.93. The number of nitrogens with one attached hydrogen (secondary N) is 1. The minimum absolute atomic E-state index is 0.168. The molecule has 0 saturated carbocycles. The number of hydrogen-bond donors (Lipinski definition) is 1. The van der Waals surface area contributed by atoms with Crippen molar-refractivity contribution < 1.29 is 19.0 Å². The van der Waals surface area contributed by atoms with Crippen molar-refractivity contribution in [3.63, 3.8) is 0 Å². The molecular formula is C19H30ClNO4. The van der Waals surface area contributed by atoms with Crippen molar-refractivity contribution >= 4 is 23.2 Å². The molecule has 6 heteroatoms. The normalized spacial score (nSPS) is 13.6. The molecule has 1 amide bonds. The predicted molar refractivity (Wildman–Crippen MR) is 102 cm³/mol. The summed E-state index contributed by atoms with van der Waals surface area (Å²) in [5.74, 6) is 0.732. The topological polar surface area (TPSA) is 56.8 Å². The van der Waals surface area contributed by atoms with Crippen LogP contribution >= 0.6 is 11.6 Å². The molecule has 0 aliphatic carbocycles. The Balaban J connectivity index is 2.80. The summed E-state index contributed by atoms with van der Waals surface area (Å²) in [5, 5.41) is 3.34. The second-order valence-electron chi connectivity index (χ2n) is 6.62. The van der Waals surface area contributed by atoms with Crippen LogP contribution in [0.3, 0.4) is 0 Å². The summed E-state index contributed by atoms with van der Waals surface area (Å²) in [6.07, 6.45) is 1.51. The van der Waals surface area contributed by atoms with Gasteiger partial charge >= 0.3 is 0 Å². The first kappa shape index (κ1) is 21.7. The minimum Gasteiger partial charge on any atom is -0.490 e. The number of rotatable bonds is 11. The Hall–Kier alpha value is -1.30. The number of hydrogen-bond acceptors (Lipinski definition) is 4. The molecule has 5 nitrogen and oxygen atoms in total. The van der Waals surface area contributed by atoms with Gasteiger partial charge in [-0.15, -0.1) is 0 Å². The van der Waals surface area contributed by atoms with Gasteiger partial charge in [0.1, 0.15) is 18.0 Å². The van der Waals surface area contributed by atoms with E-state index in [0.29, 0.717) is 48.6 Å². The minimum atomic E-state index is -0.871. The lowest BCUT2D eigenvalue weighted by Gasteiger charge is -2.30. The molecule has 0 aromatic heterocycles. The average molecular weight is 372 g/mol. The van der Waals surface area contributed by atoms with Gasteiger partial charge in [0.2, 0.25) is 0 Å². The highest BCUT2D eigenvalue weighted by Crippen LogP contribution is 2.29. The molecule has 1 atom stereocenters. The zero-order chi connectivity index (χ0) is 18.9. The Morgan fingerprint density at radius 1 is 1.28 bits per heavy atom.